The van der Waals surface area contributed by atoms with Gasteiger partial charge in [0.15, 0.2) is 0 Å². The van der Waals surface area contributed by atoms with E-state index in [-0.39, 0.29) is 23.5 Å². The first-order chi connectivity index (χ1) is 13.4. The zero-order chi connectivity index (χ0) is 20.2. The van der Waals surface area contributed by atoms with Gasteiger partial charge in [-0.3, -0.25) is 4.79 Å². The monoisotopic (exact) mass is 412 g/mol. The summed E-state index contributed by atoms with van der Waals surface area (Å²) in [6.45, 7) is 3.68. The number of ether oxygens (including phenoxy) is 1. The summed E-state index contributed by atoms with van der Waals surface area (Å²) in [5.74, 6) is -0.234. The molecule has 2 saturated heterocycles. The number of carbonyl (C=O) groups excluding carboxylic acids is 1. The smallest absolute Gasteiger partial charge is 0.231 e. The maximum absolute atomic E-state index is 13.4. The molecule has 156 valence electrons. The van der Waals surface area contributed by atoms with Crippen LogP contribution in [0.15, 0.2) is 24.3 Å². The van der Waals surface area contributed by atoms with E-state index in [0.29, 0.717) is 58.4 Å². The lowest BCUT2D eigenvalue weighted by Crippen LogP contribution is -2.53. The topological polar surface area (TPSA) is 75.7 Å². The van der Waals surface area contributed by atoms with Crippen LogP contribution in [0, 0.1) is 5.82 Å². The fraction of sp³-hybridized carbons (Fsp3) is 0.650. The van der Waals surface area contributed by atoms with Crippen LogP contribution in [0.2, 0.25) is 0 Å². The third-order valence-corrected chi connectivity index (χ3v) is 7.90. The Balaban J connectivity index is 1.68. The van der Waals surface area contributed by atoms with Gasteiger partial charge in [0.2, 0.25) is 15.9 Å². The van der Waals surface area contributed by atoms with Gasteiger partial charge in [-0.1, -0.05) is 19.1 Å². The summed E-state index contributed by atoms with van der Waals surface area (Å²) in [5, 5.41) is 3.14. The standard InChI is InChI=1S/C20H29FN2O4S/c1-2-15-28(25,26)23-11-7-18(8-12-23)22-19(24)20(9-13-27-14-10-20)16-3-5-17(21)6-4-16/h3-6,18H,2,7-15H2,1H3,(H,22,24). The highest BCUT2D eigenvalue weighted by molar-refractivity contribution is 7.89. The molecule has 0 unspecified atom stereocenters. The number of piperidine rings is 1. The molecular formula is C20H29FN2O4S. The van der Waals surface area contributed by atoms with Gasteiger partial charge in [0.25, 0.3) is 0 Å². The zero-order valence-electron chi connectivity index (χ0n) is 16.3. The van der Waals surface area contributed by atoms with E-state index >= 15 is 0 Å². The zero-order valence-corrected chi connectivity index (χ0v) is 17.1. The summed E-state index contributed by atoms with van der Waals surface area (Å²) >= 11 is 0. The second kappa shape index (κ2) is 8.88. The van der Waals surface area contributed by atoms with E-state index in [0.717, 1.165) is 5.56 Å². The first kappa shape index (κ1) is 21.2. The molecular weight excluding hydrogens is 383 g/mol. The van der Waals surface area contributed by atoms with E-state index in [2.05, 4.69) is 5.32 Å². The maximum Gasteiger partial charge on any atom is 0.231 e. The number of rotatable bonds is 6. The third-order valence-electron chi connectivity index (χ3n) is 5.82. The summed E-state index contributed by atoms with van der Waals surface area (Å²) in [7, 11) is -3.20. The molecule has 2 aliphatic rings. The van der Waals surface area contributed by atoms with Crippen LogP contribution in [0.25, 0.3) is 0 Å². The Labute approximate surface area is 166 Å². The first-order valence-electron chi connectivity index (χ1n) is 10.00. The van der Waals surface area contributed by atoms with Crippen LogP contribution in [0.4, 0.5) is 4.39 Å². The maximum atomic E-state index is 13.4. The molecule has 0 aliphatic carbocycles. The number of carbonyl (C=O) groups is 1. The van der Waals surface area contributed by atoms with E-state index in [9.17, 15) is 17.6 Å². The van der Waals surface area contributed by atoms with Crippen LogP contribution in [0.1, 0.15) is 44.6 Å². The van der Waals surface area contributed by atoms with Gasteiger partial charge in [-0.2, -0.15) is 0 Å². The normalized spacial score (nSPS) is 21.4. The molecule has 3 rings (SSSR count). The Hall–Kier alpha value is -1.51. The highest BCUT2D eigenvalue weighted by Crippen LogP contribution is 2.35. The van der Waals surface area contributed by atoms with Gasteiger partial charge in [-0.15, -0.1) is 0 Å². The average molecular weight is 413 g/mol. The van der Waals surface area contributed by atoms with Crippen molar-refractivity contribution >= 4 is 15.9 Å². The lowest BCUT2D eigenvalue weighted by Gasteiger charge is -2.39. The molecule has 0 aromatic heterocycles. The van der Waals surface area contributed by atoms with Crippen molar-refractivity contribution in [2.45, 2.75) is 50.5 Å². The lowest BCUT2D eigenvalue weighted by molar-refractivity contribution is -0.131. The van der Waals surface area contributed by atoms with Crippen molar-refractivity contribution in [1.29, 1.82) is 0 Å². The minimum Gasteiger partial charge on any atom is -0.381 e. The Morgan fingerprint density at radius 3 is 2.39 bits per heavy atom. The molecule has 8 heteroatoms. The van der Waals surface area contributed by atoms with Crippen molar-refractivity contribution in [1.82, 2.24) is 9.62 Å². The highest BCUT2D eigenvalue weighted by Gasteiger charge is 2.42. The average Bonchev–Trinajstić information content (AvgIpc) is 2.69. The third kappa shape index (κ3) is 4.55. The van der Waals surface area contributed by atoms with E-state index in [4.69, 9.17) is 4.74 Å². The van der Waals surface area contributed by atoms with Gasteiger partial charge in [0, 0.05) is 32.3 Å². The Bertz CT molecular complexity index is 768. The largest absolute Gasteiger partial charge is 0.381 e. The fourth-order valence-electron chi connectivity index (χ4n) is 4.12. The summed E-state index contributed by atoms with van der Waals surface area (Å²) in [4.78, 5) is 13.3. The minimum atomic E-state index is -3.20. The molecule has 1 aromatic carbocycles. The van der Waals surface area contributed by atoms with Crippen molar-refractivity contribution in [2.24, 2.45) is 0 Å². The van der Waals surface area contributed by atoms with E-state index in [1.165, 1.54) is 16.4 Å². The highest BCUT2D eigenvalue weighted by atomic mass is 32.2. The van der Waals surface area contributed by atoms with Crippen molar-refractivity contribution in [3.63, 3.8) is 0 Å². The number of hydrogen-bond donors (Lipinski definition) is 1. The van der Waals surface area contributed by atoms with Crippen LogP contribution in [-0.2, 0) is 25.0 Å². The van der Waals surface area contributed by atoms with Gasteiger partial charge in [0.1, 0.15) is 5.82 Å². The van der Waals surface area contributed by atoms with E-state index < -0.39 is 15.4 Å². The van der Waals surface area contributed by atoms with Crippen molar-refractivity contribution < 1.29 is 22.3 Å². The molecule has 6 nitrogen and oxygen atoms in total. The quantitative estimate of drug-likeness (QED) is 0.777. The Morgan fingerprint density at radius 2 is 1.82 bits per heavy atom. The second-order valence-corrected chi connectivity index (χ2v) is 9.75. The van der Waals surface area contributed by atoms with Gasteiger partial charge in [-0.25, -0.2) is 17.1 Å². The van der Waals surface area contributed by atoms with Crippen molar-refractivity contribution in [2.75, 3.05) is 32.1 Å². The molecule has 0 radical (unpaired) electrons. The summed E-state index contributed by atoms with van der Waals surface area (Å²) in [5.41, 5.74) is 0.0786. The lowest BCUT2D eigenvalue weighted by atomic mass is 9.73. The number of amides is 1. The molecule has 1 aromatic rings. The van der Waals surface area contributed by atoms with E-state index in [1.54, 1.807) is 12.1 Å². The number of nitrogens with zero attached hydrogens (tertiary/aromatic N) is 1. The summed E-state index contributed by atoms with van der Waals surface area (Å²) in [6.07, 6.45) is 2.90. The SMILES string of the molecule is CCCS(=O)(=O)N1CCC(NC(=O)C2(c3ccc(F)cc3)CCOCC2)CC1. The van der Waals surface area contributed by atoms with Crippen LogP contribution < -0.4 is 5.32 Å². The molecule has 0 saturated carbocycles. The van der Waals surface area contributed by atoms with Gasteiger partial charge in [0.05, 0.1) is 11.2 Å². The molecule has 1 amide bonds. The molecule has 0 spiro atoms. The number of sulfonamides is 1. The fourth-order valence-corrected chi connectivity index (χ4v) is 5.67. The number of hydrogen-bond acceptors (Lipinski definition) is 4. The molecule has 1 N–H and O–H groups in total. The Kier molecular flexibility index (Phi) is 6.73. The molecule has 0 bridgehead atoms. The second-order valence-electron chi connectivity index (χ2n) is 7.66. The number of benzene rings is 1. The molecule has 28 heavy (non-hydrogen) atoms. The van der Waals surface area contributed by atoms with Crippen LogP contribution in [0.5, 0.6) is 0 Å². The van der Waals surface area contributed by atoms with Crippen molar-refractivity contribution in [3.8, 4) is 0 Å². The van der Waals surface area contributed by atoms with Crippen LogP contribution in [-0.4, -0.2) is 56.7 Å². The predicted octanol–water partition coefficient (Wildman–Crippen LogP) is 2.19. The molecule has 0 atom stereocenters. The number of halogens is 1. The van der Waals surface area contributed by atoms with Gasteiger partial charge >= 0.3 is 0 Å². The van der Waals surface area contributed by atoms with Gasteiger partial charge < -0.3 is 10.1 Å². The summed E-state index contributed by atoms with van der Waals surface area (Å²) in [6, 6.07) is 6.08. The first-order valence-corrected chi connectivity index (χ1v) is 11.6. The summed E-state index contributed by atoms with van der Waals surface area (Å²) < 4.78 is 44.8. The minimum absolute atomic E-state index is 0.0549. The molecule has 2 aliphatic heterocycles. The van der Waals surface area contributed by atoms with Crippen LogP contribution in [0.3, 0.4) is 0 Å². The Morgan fingerprint density at radius 1 is 1.21 bits per heavy atom. The van der Waals surface area contributed by atoms with Crippen molar-refractivity contribution in [3.05, 3.63) is 35.6 Å². The molecule has 2 fully saturated rings. The predicted molar refractivity (Wildman–Crippen MR) is 105 cm³/mol. The molecule has 2 heterocycles. The van der Waals surface area contributed by atoms with Crippen LogP contribution >= 0.6 is 0 Å². The number of nitrogens with one attached hydrogen (secondary N) is 1. The van der Waals surface area contributed by atoms with Gasteiger partial charge in [-0.05, 0) is 49.8 Å². The van der Waals surface area contributed by atoms with E-state index in [1.807, 2.05) is 6.92 Å².